The van der Waals surface area contributed by atoms with Crippen molar-refractivity contribution in [3.8, 4) is 0 Å². The second kappa shape index (κ2) is 5.69. The first-order valence-electron chi connectivity index (χ1n) is 3.71. The average Bonchev–Trinajstić information content (AvgIpc) is 1.98. The summed E-state index contributed by atoms with van der Waals surface area (Å²) in [6, 6.07) is -0.00677. The first-order chi connectivity index (χ1) is 5.09. The summed E-state index contributed by atoms with van der Waals surface area (Å²) >= 11 is 0. The van der Waals surface area contributed by atoms with Gasteiger partial charge in [0.2, 0.25) is 0 Å². The van der Waals surface area contributed by atoms with E-state index in [4.69, 9.17) is 10.5 Å². The molecule has 0 saturated carbocycles. The quantitative estimate of drug-likeness (QED) is 0.652. The lowest BCUT2D eigenvalue weighted by Gasteiger charge is -2.14. The SMILES string of the molecule is COCCS(=O)C(C)C(C)N. The van der Waals surface area contributed by atoms with E-state index in [1.807, 2.05) is 13.8 Å². The van der Waals surface area contributed by atoms with Crippen molar-refractivity contribution in [3.63, 3.8) is 0 Å². The third kappa shape index (κ3) is 4.50. The lowest BCUT2D eigenvalue weighted by atomic mass is 10.3. The van der Waals surface area contributed by atoms with Crippen molar-refractivity contribution in [2.75, 3.05) is 19.5 Å². The lowest BCUT2D eigenvalue weighted by molar-refractivity contribution is 0.218. The first kappa shape index (κ1) is 11.1. The third-order valence-corrected chi connectivity index (χ3v) is 3.47. The molecule has 0 bridgehead atoms. The first-order valence-corrected chi connectivity index (χ1v) is 5.09. The molecule has 4 heteroatoms. The van der Waals surface area contributed by atoms with E-state index in [-0.39, 0.29) is 11.3 Å². The fourth-order valence-corrected chi connectivity index (χ4v) is 1.77. The molecule has 0 spiro atoms. The maximum absolute atomic E-state index is 11.3. The summed E-state index contributed by atoms with van der Waals surface area (Å²) < 4.78 is 16.1. The second-order valence-electron chi connectivity index (χ2n) is 2.64. The smallest absolute Gasteiger partial charge is 0.0577 e. The van der Waals surface area contributed by atoms with Crippen LogP contribution in [0, 0.1) is 0 Å². The molecule has 0 aromatic rings. The normalized spacial score (nSPS) is 19.3. The van der Waals surface area contributed by atoms with Crippen molar-refractivity contribution in [3.05, 3.63) is 0 Å². The summed E-state index contributed by atoms with van der Waals surface area (Å²) in [5, 5.41) is 0.0603. The largest absolute Gasteiger partial charge is 0.384 e. The van der Waals surface area contributed by atoms with E-state index in [2.05, 4.69) is 0 Å². The molecule has 0 heterocycles. The number of nitrogens with two attached hydrogens (primary N) is 1. The third-order valence-electron chi connectivity index (χ3n) is 1.64. The van der Waals surface area contributed by atoms with E-state index < -0.39 is 10.8 Å². The molecule has 0 aliphatic heterocycles. The van der Waals surface area contributed by atoms with Crippen molar-refractivity contribution < 1.29 is 8.95 Å². The molecule has 3 unspecified atom stereocenters. The van der Waals surface area contributed by atoms with Crippen molar-refractivity contribution in [2.24, 2.45) is 5.73 Å². The van der Waals surface area contributed by atoms with Gasteiger partial charge in [-0.2, -0.15) is 0 Å². The van der Waals surface area contributed by atoms with Gasteiger partial charge in [0.25, 0.3) is 0 Å². The summed E-state index contributed by atoms with van der Waals surface area (Å²) in [6.45, 7) is 4.31. The minimum Gasteiger partial charge on any atom is -0.384 e. The van der Waals surface area contributed by atoms with Crippen LogP contribution in [0.25, 0.3) is 0 Å². The predicted octanol–water partition coefficient (Wildman–Crippen LogP) is 0.117. The highest BCUT2D eigenvalue weighted by molar-refractivity contribution is 7.85. The lowest BCUT2D eigenvalue weighted by Crippen LogP contribution is -2.34. The highest BCUT2D eigenvalue weighted by Gasteiger charge is 2.14. The van der Waals surface area contributed by atoms with Crippen LogP contribution in [0.15, 0.2) is 0 Å². The molecular formula is C7H17NO2S. The van der Waals surface area contributed by atoms with Crippen LogP contribution in [-0.4, -0.2) is 35.0 Å². The molecule has 11 heavy (non-hydrogen) atoms. The van der Waals surface area contributed by atoms with Crippen LogP contribution < -0.4 is 5.73 Å². The fraction of sp³-hybridized carbons (Fsp3) is 1.00. The molecule has 0 amide bonds. The maximum atomic E-state index is 11.3. The van der Waals surface area contributed by atoms with Gasteiger partial charge in [0.1, 0.15) is 0 Å². The summed E-state index contributed by atoms with van der Waals surface area (Å²) in [5.74, 6) is 0.583. The zero-order chi connectivity index (χ0) is 8.85. The Morgan fingerprint density at radius 3 is 2.45 bits per heavy atom. The van der Waals surface area contributed by atoms with Crippen LogP contribution in [0.5, 0.6) is 0 Å². The average molecular weight is 179 g/mol. The highest BCUT2D eigenvalue weighted by Crippen LogP contribution is 1.99. The Kier molecular flexibility index (Phi) is 5.72. The highest BCUT2D eigenvalue weighted by atomic mass is 32.2. The van der Waals surface area contributed by atoms with Crippen molar-refractivity contribution >= 4 is 10.8 Å². The molecule has 0 fully saturated rings. The topological polar surface area (TPSA) is 52.3 Å². The molecule has 68 valence electrons. The molecular weight excluding hydrogens is 162 g/mol. The summed E-state index contributed by atoms with van der Waals surface area (Å²) in [6.07, 6.45) is 0. The van der Waals surface area contributed by atoms with E-state index in [9.17, 15) is 4.21 Å². The van der Waals surface area contributed by atoms with E-state index in [0.717, 1.165) is 0 Å². The minimum atomic E-state index is -0.845. The number of methoxy groups -OCH3 is 1. The van der Waals surface area contributed by atoms with Crippen molar-refractivity contribution in [1.82, 2.24) is 0 Å². The van der Waals surface area contributed by atoms with Gasteiger partial charge in [-0.15, -0.1) is 0 Å². The summed E-state index contributed by atoms with van der Waals surface area (Å²) in [4.78, 5) is 0. The number of hydrogen-bond acceptors (Lipinski definition) is 3. The Morgan fingerprint density at radius 1 is 1.55 bits per heavy atom. The zero-order valence-corrected chi connectivity index (χ0v) is 8.19. The van der Waals surface area contributed by atoms with Crippen LogP contribution in [0.4, 0.5) is 0 Å². The van der Waals surface area contributed by atoms with Gasteiger partial charge in [-0.25, -0.2) is 0 Å². The van der Waals surface area contributed by atoms with Gasteiger partial charge in [-0.1, -0.05) is 0 Å². The Hall–Kier alpha value is 0.0700. The van der Waals surface area contributed by atoms with Gasteiger partial charge in [0.15, 0.2) is 0 Å². The Morgan fingerprint density at radius 2 is 2.09 bits per heavy atom. The minimum absolute atomic E-state index is 0.00677. The molecule has 0 rings (SSSR count). The van der Waals surface area contributed by atoms with Crippen molar-refractivity contribution in [1.29, 1.82) is 0 Å². The van der Waals surface area contributed by atoms with Crippen LogP contribution in [0.2, 0.25) is 0 Å². The van der Waals surface area contributed by atoms with Crippen LogP contribution in [0.1, 0.15) is 13.8 Å². The second-order valence-corrected chi connectivity index (χ2v) is 4.56. The predicted molar refractivity (Wildman–Crippen MR) is 48.0 cm³/mol. The van der Waals surface area contributed by atoms with E-state index >= 15 is 0 Å². The molecule has 3 atom stereocenters. The summed E-state index contributed by atoms with van der Waals surface area (Å²) in [7, 11) is 0.760. The molecule has 0 aromatic carbocycles. The Balaban J connectivity index is 3.64. The van der Waals surface area contributed by atoms with Crippen LogP contribution in [-0.2, 0) is 15.5 Å². The molecule has 0 aliphatic rings. The fourth-order valence-electron chi connectivity index (χ4n) is 0.591. The number of ether oxygens (including phenoxy) is 1. The van der Waals surface area contributed by atoms with Gasteiger partial charge < -0.3 is 10.5 Å². The van der Waals surface area contributed by atoms with Gasteiger partial charge in [0, 0.05) is 35.0 Å². The molecule has 0 aliphatic carbocycles. The molecule has 2 N–H and O–H groups in total. The number of hydrogen-bond donors (Lipinski definition) is 1. The molecule has 0 saturated heterocycles. The molecule has 3 nitrogen and oxygen atoms in total. The standard InChI is InChI=1S/C7H17NO2S/c1-6(8)7(2)11(9)5-4-10-3/h6-7H,4-5,8H2,1-3H3. The van der Waals surface area contributed by atoms with E-state index in [0.29, 0.717) is 12.4 Å². The van der Waals surface area contributed by atoms with Gasteiger partial charge >= 0.3 is 0 Å². The van der Waals surface area contributed by atoms with Gasteiger partial charge in [0.05, 0.1) is 6.61 Å². The van der Waals surface area contributed by atoms with Crippen LogP contribution >= 0.6 is 0 Å². The monoisotopic (exact) mass is 179 g/mol. The molecule has 0 radical (unpaired) electrons. The molecule has 0 aromatic heterocycles. The van der Waals surface area contributed by atoms with Gasteiger partial charge in [-0.05, 0) is 13.8 Å². The Labute approximate surface area is 70.8 Å². The Bertz CT molecular complexity index is 128. The van der Waals surface area contributed by atoms with Crippen molar-refractivity contribution in [2.45, 2.75) is 25.1 Å². The summed E-state index contributed by atoms with van der Waals surface area (Å²) in [5.41, 5.74) is 5.57. The number of rotatable bonds is 5. The van der Waals surface area contributed by atoms with Crippen LogP contribution in [0.3, 0.4) is 0 Å². The van der Waals surface area contributed by atoms with E-state index in [1.54, 1.807) is 7.11 Å². The van der Waals surface area contributed by atoms with E-state index in [1.165, 1.54) is 0 Å². The zero-order valence-electron chi connectivity index (χ0n) is 7.37. The maximum Gasteiger partial charge on any atom is 0.0577 e. The van der Waals surface area contributed by atoms with Gasteiger partial charge in [-0.3, -0.25) is 4.21 Å².